The minimum Gasteiger partial charge on any atom is -0.497 e. The maximum Gasteiger partial charge on any atom is 0.118 e. The summed E-state index contributed by atoms with van der Waals surface area (Å²) in [6.07, 6.45) is 0.500. The molecule has 0 unspecified atom stereocenters. The molecule has 4 rings (SSSR count). The van der Waals surface area contributed by atoms with Gasteiger partial charge < -0.3 is 38.3 Å². The van der Waals surface area contributed by atoms with E-state index in [0.717, 1.165) is 33.9 Å². The van der Waals surface area contributed by atoms with Crippen LogP contribution in [0.15, 0.2) is 85.5 Å². The molecule has 3 aromatic rings. The first-order chi connectivity index (χ1) is 20.6. The first-order valence-corrected chi connectivity index (χ1v) is 14.2. The van der Waals surface area contributed by atoms with Crippen LogP contribution >= 0.6 is 0 Å². The lowest BCUT2D eigenvalue weighted by atomic mass is 9.80. The highest BCUT2D eigenvalue weighted by Crippen LogP contribution is 2.35. The van der Waals surface area contributed by atoms with Crippen LogP contribution in [0.5, 0.6) is 17.2 Å². The largest absolute Gasteiger partial charge is 0.497 e. The molecule has 0 saturated heterocycles. The highest BCUT2D eigenvalue weighted by atomic mass is 16.6. The van der Waals surface area contributed by atoms with Gasteiger partial charge in [0.05, 0.1) is 60.0 Å². The van der Waals surface area contributed by atoms with Gasteiger partial charge >= 0.3 is 0 Å². The molecule has 1 saturated carbocycles. The molecule has 0 spiro atoms. The van der Waals surface area contributed by atoms with Gasteiger partial charge in [-0.05, 0) is 59.5 Å². The molecule has 0 heterocycles. The lowest BCUT2D eigenvalue weighted by Gasteiger charge is -2.45. The number of methoxy groups -OCH3 is 3. The summed E-state index contributed by atoms with van der Waals surface area (Å²) in [7, 11) is 4.92. The Morgan fingerprint density at radius 1 is 0.619 bits per heavy atom. The molecule has 0 bridgehead atoms. The van der Waals surface area contributed by atoms with Gasteiger partial charge in [0, 0.05) is 12.5 Å². The second-order valence-corrected chi connectivity index (χ2v) is 10.2. The van der Waals surface area contributed by atoms with Crippen LogP contribution in [0.2, 0.25) is 0 Å². The third-order valence-corrected chi connectivity index (χ3v) is 7.48. The Labute approximate surface area is 248 Å². The monoisotopic (exact) mass is 578 g/mol. The van der Waals surface area contributed by atoms with Crippen LogP contribution < -0.4 is 14.2 Å². The summed E-state index contributed by atoms with van der Waals surface area (Å²) in [4.78, 5) is 0. The summed E-state index contributed by atoms with van der Waals surface area (Å²) in [6.45, 7) is 5.11. The van der Waals surface area contributed by atoms with E-state index in [2.05, 4.69) is 6.58 Å². The maximum atomic E-state index is 10.5. The van der Waals surface area contributed by atoms with E-state index in [4.69, 9.17) is 33.2 Å². The Kier molecular flexibility index (Phi) is 12.2. The summed E-state index contributed by atoms with van der Waals surface area (Å²) in [5.41, 5.74) is 2.96. The Balaban J connectivity index is 1.59. The average molecular weight is 579 g/mol. The van der Waals surface area contributed by atoms with Gasteiger partial charge in [0.1, 0.15) is 29.5 Å². The van der Waals surface area contributed by atoms with Crippen LogP contribution in [-0.2, 0) is 38.8 Å². The molecule has 0 aliphatic heterocycles. The summed E-state index contributed by atoms with van der Waals surface area (Å²) in [5, 5.41) is 10.5. The van der Waals surface area contributed by atoms with Gasteiger partial charge in [-0.1, -0.05) is 42.5 Å². The molecule has 1 aliphatic rings. The molecule has 1 fully saturated rings. The molecule has 5 atom stereocenters. The van der Waals surface area contributed by atoms with E-state index < -0.39 is 18.3 Å². The van der Waals surface area contributed by atoms with Crippen molar-refractivity contribution in [2.24, 2.45) is 5.92 Å². The van der Waals surface area contributed by atoms with Crippen LogP contribution in [0.4, 0.5) is 0 Å². The van der Waals surface area contributed by atoms with Crippen molar-refractivity contribution in [3.05, 3.63) is 102 Å². The molecule has 1 aliphatic carbocycles. The molecule has 8 nitrogen and oxygen atoms in total. The SMILES string of the molecule is C=CCO[C@@H]1C[C@H](CO)[C@@H](OCc2ccc(OC)cc2)[C@H](OCc2ccc(OC)cc2)[C@H]1OCc1ccc(OC)cc1. The molecule has 0 radical (unpaired) electrons. The van der Waals surface area contributed by atoms with E-state index in [1.807, 2.05) is 72.8 Å². The third kappa shape index (κ3) is 8.56. The Morgan fingerprint density at radius 2 is 1.02 bits per heavy atom. The standard InChI is InChI=1S/C34H42O8/c1-5-18-39-31-19-27(20-35)32(40-21-24-6-12-28(36-2)13-7-24)34(42-23-26-10-16-30(38-4)17-11-26)33(31)41-22-25-8-14-29(37-3)15-9-25/h5-17,27,31-35H,1,18-23H2,2-4H3/t27-,31-,32-,33+,34+/m1/s1. The molecule has 226 valence electrons. The molecule has 1 N–H and O–H groups in total. The number of rotatable bonds is 16. The molecular weight excluding hydrogens is 536 g/mol. The minimum absolute atomic E-state index is 0.0746. The fraction of sp³-hybridized carbons (Fsp3) is 0.412. The highest BCUT2D eigenvalue weighted by Gasteiger charge is 2.47. The first-order valence-electron chi connectivity index (χ1n) is 14.2. The van der Waals surface area contributed by atoms with E-state index in [1.165, 1.54) is 0 Å². The number of hydrogen-bond acceptors (Lipinski definition) is 8. The fourth-order valence-electron chi connectivity index (χ4n) is 5.13. The van der Waals surface area contributed by atoms with Crippen molar-refractivity contribution in [3.63, 3.8) is 0 Å². The Hall–Kier alpha value is -3.40. The van der Waals surface area contributed by atoms with Crippen molar-refractivity contribution < 1.29 is 38.3 Å². The molecular formula is C34H42O8. The van der Waals surface area contributed by atoms with Gasteiger partial charge in [0.25, 0.3) is 0 Å². The van der Waals surface area contributed by atoms with E-state index in [0.29, 0.717) is 32.8 Å². The van der Waals surface area contributed by atoms with Crippen molar-refractivity contribution in [3.8, 4) is 17.2 Å². The quantitative estimate of drug-likeness (QED) is 0.228. The normalized spacial score (nSPS) is 22.0. The predicted molar refractivity (Wildman–Crippen MR) is 160 cm³/mol. The second kappa shape index (κ2) is 16.3. The van der Waals surface area contributed by atoms with Crippen LogP contribution in [0.3, 0.4) is 0 Å². The van der Waals surface area contributed by atoms with Gasteiger partial charge in [-0.15, -0.1) is 6.58 Å². The molecule has 8 heteroatoms. The van der Waals surface area contributed by atoms with Gasteiger partial charge in [-0.3, -0.25) is 0 Å². The van der Waals surface area contributed by atoms with Gasteiger partial charge in [0.2, 0.25) is 0 Å². The number of aliphatic hydroxyl groups excluding tert-OH is 1. The number of aliphatic hydroxyl groups is 1. The second-order valence-electron chi connectivity index (χ2n) is 10.2. The van der Waals surface area contributed by atoms with Crippen LogP contribution in [0.1, 0.15) is 23.1 Å². The van der Waals surface area contributed by atoms with E-state index in [1.54, 1.807) is 27.4 Å². The predicted octanol–water partition coefficient (Wildman–Crippen LogP) is 5.35. The fourth-order valence-corrected chi connectivity index (χ4v) is 5.13. The van der Waals surface area contributed by atoms with Crippen molar-refractivity contribution in [2.45, 2.75) is 50.7 Å². The van der Waals surface area contributed by atoms with Crippen LogP contribution in [0, 0.1) is 5.92 Å². The Morgan fingerprint density at radius 3 is 1.40 bits per heavy atom. The molecule has 42 heavy (non-hydrogen) atoms. The zero-order valence-corrected chi connectivity index (χ0v) is 24.6. The summed E-state index contributed by atoms with van der Waals surface area (Å²) < 4.78 is 41.8. The molecule has 0 amide bonds. The van der Waals surface area contributed by atoms with E-state index >= 15 is 0 Å². The lowest BCUT2D eigenvalue weighted by molar-refractivity contribution is -0.229. The highest BCUT2D eigenvalue weighted by molar-refractivity contribution is 5.28. The van der Waals surface area contributed by atoms with Gasteiger partial charge in [0.15, 0.2) is 0 Å². The minimum atomic E-state index is -0.524. The summed E-state index contributed by atoms with van der Waals surface area (Å²) in [5.74, 6) is 2.11. The average Bonchev–Trinajstić information content (AvgIpc) is 3.05. The topological polar surface area (TPSA) is 84.8 Å². The number of hydrogen-bond donors (Lipinski definition) is 1. The zero-order chi connectivity index (χ0) is 29.7. The van der Waals surface area contributed by atoms with Crippen molar-refractivity contribution in [1.82, 2.24) is 0 Å². The van der Waals surface area contributed by atoms with E-state index in [9.17, 15) is 5.11 Å². The Bertz CT molecular complexity index is 1200. The summed E-state index contributed by atoms with van der Waals surface area (Å²) >= 11 is 0. The van der Waals surface area contributed by atoms with Gasteiger partial charge in [-0.25, -0.2) is 0 Å². The van der Waals surface area contributed by atoms with Crippen LogP contribution in [-0.4, -0.2) is 64.1 Å². The lowest BCUT2D eigenvalue weighted by Crippen LogP contribution is -2.58. The third-order valence-electron chi connectivity index (χ3n) is 7.48. The summed E-state index contributed by atoms with van der Waals surface area (Å²) in [6, 6.07) is 23.3. The van der Waals surface area contributed by atoms with Crippen LogP contribution in [0.25, 0.3) is 0 Å². The van der Waals surface area contributed by atoms with Crippen molar-refractivity contribution >= 4 is 0 Å². The molecule has 0 aromatic heterocycles. The smallest absolute Gasteiger partial charge is 0.118 e. The maximum absolute atomic E-state index is 10.5. The number of benzene rings is 3. The van der Waals surface area contributed by atoms with E-state index in [-0.39, 0.29) is 18.6 Å². The van der Waals surface area contributed by atoms with Gasteiger partial charge in [-0.2, -0.15) is 0 Å². The number of ether oxygens (including phenoxy) is 7. The zero-order valence-electron chi connectivity index (χ0n) is 24.6. The van der Waals surface area contributed by atoms with Crippen molar-refractivity contribution in [2.75, 3.05) is 34.5 Å². The van der Waals surface area contributed by atoms with Crippen molar-refractivity contribution in [1.29, 1.82) is 0 Å². The first kappa shape index (κ1) is 31.5. The molecule has 3 aromatic carbocycles.